The highest BCUT2D eigenvalue weighted by atomic mass is 35.5. The molecule has 0 fully saturated rings. The number of benzene rings is 2. The number of halogens is 1. The highest BCUT2D eigenvalue weighted by Crippen LogP contribution is 2.18. The van der Waals surface area contributed by atoms with Crippen LogP contribution >= 0.6 is 11.6 Å². The van der Waals surface area contributed by atoms with Crippen LogP contribution in [-0.2, 0) is 0 Å². The van der Waals surface area contributed by atoms with Gasteiger partial charge in [0, 0.05) is 12.0 Å². The Morgan fingerprint density at radius 3 is 2.64 bits per heavy atom. The topological polar surface area (TPSA) is 35.3 Å². The minimum atomic E-state index is 0.601. The second-order valence-electron chi connectivity index (χ2n) is 4.81. The van der Waals surface area contributed by atoms with Crippen molar-refractivity contribution in [2.75, 3.05) is 12.5 Å². The molecule has 0 aliphatic rings. The van der Waals surface area contributed by atoms with Crippen molar-refractivity contribution in [3.63, 3.8) is 0 Å². The number of nitrogens with zero attached hydrogens (tertiary/aromatic N) is 1. The zero-order valence-corrected chi connectivity index (χ0v) is 12.8. The molecule has 0 bridgehead atoms. The molecule has 0 spiro atoms. The molecule has 2 aromatic carbocycles. The number of para-hydroxylation sites is 2. The van der Waals surface area contributed by atoms with E-state index in [0.29, 0.717) is 18.4 Å². The third kappa shape index (κ3) is 3.68. The molecule has 0 atom stereocenters. The van der Waals surface area contributed by atoms with E-state index >= 15 is 0 Å². The van der Waals surface area contributed by atoms with Gasteiger partial charge in [-0.15, -0.1) is 11.6 Å². The standard InChI is InChI=1S/C18H16ClNO2/c19-12-3-13-21-15-9-6-14(7-10-15)8-11-18-20-16-4-1-2-5-17(16)22-18/h1-2,4-11H,3,12-13H2. The Morgan fingerprint density at radius 2 is 1.86 bits per heavy atom. The third-order valence-corrected chi connectivity index (χ3v) is 3.42. The number of alkyl halides is 1. The SMILES string of the molecule is ClCCCOc1ccc(C=Cc2nc3ccccc3o2)cc1. The summed E-state index contributed by atoms with van der Waals surface area (Å²) in [6.45, 7) is 0.640. The van der Waals surface area contributed by atoms with Crippen LogP contribution in [0.15, 0.2) is 52.9 Å². The van der Waals surface area contributed by atoms with Crippen molar-refractivity contribution < 1.29 is 9.15 Å². The Kier molecular flexibility index (Phi) is 4.76. The van der Waals surface area contributed by atoms with Crippen LogP contribution in [0, 0.1) is 0 Å². The van der Waals surface area contributed by atoms with Crippen LogP contribution in [0.2, 0.25) is 0 Å². The van der Waals surface area contributed by atoms with Crippen LogP contribution < -0.4 is 4.74 Å². The van der Waals surface area contributed by atoms with Crippen molar-refractivity contribution in [3.8, 4) is 5.75 Å². The Hall–Kier alpha value is -2.26. The van der Waals surface area contributed by atoms with E-state index in [0.717, 1.165) is 28.8 Å². The van der Waals surface area contributed by atoms with Gasteiger partial charge in [-0.1, -0.05) is 24.3 Å². The lowest BCUT2D eigenvalue weighted by atomic mass is 10.2. The molecule has 0 aliphatic carbocycles. The molecule has 4 heteroatoms. The van der Waals surface area contributed by atoms with E-state index in [4.69, 9.17) is 20.8 Å². The summed E-state index contributed by atoms with van der Waals surface area (Å²) in [6.07, 6.45) is 4.68. The Bertz CT molecular complexity index is 729. The smallest absolute Gasteiger partial charge is 0.220 e. The third-order valence-electron chi connectivity index (χ3n) is 3.16. The molecule has 0 saturated heterocycles. The summed E-state index contributed by atoms with van der Waals surface area (Å²) < 4.78 is 11.2. The fourth-order valence-corrected chi connectivity index (χ4v) is 2.16. The van der Waals surface area contributed by atoms with Crippen LogP contribution in [0.25, 0.3) is 23.3 Å². The summed E-state index contributed by atoms with van der Waals surface area (Å²) >= 11 is 5.62. The molecule has 3 aromatic rings. The Morgan fingerprint density at radius 1 is 1.05 bits per heavy atom. The fraction of sp³-hybridized carbons (Fsp3) is 0.167. The molecule has 112 valence electrons. The summed E-state index contributed by atoms with van der Waals surface area (Å²) in [6, 6.07) is 15.6. The molecule has 22 heavy (non-hydrogen) atoms. The summed E-state index contributed by atoms with van der Waals surface area (Å²) in [5.41, 5.74) is 2.72. The summed E-state index contributed by atoms with van der Waals surface area (Å²) in [4.78, 5) is 4.40. The average Bonchev–Trinajstić information content (AvgIpc) is 2.97. The maximum absolute atomic E-state index is 5.64. The zero-order valence-electron chi connectivity index (χ0n) is 12.0. The van der Waals surface area contributed by atoms with E-state index in [1.165, 1.54) is 0 Å². The number of aromatic nitrogens is 1. The number of hydrogen-bond acceptors (Lipinski definition) is 3. The van der Waals surface area contributed by atoms with Gasteiger partial charge in [0.25, 0.3) is 0 Å². The first-order valence-electron chi connectivity index (χ1n) is 7.17. The van der Waals surface area contributed by atoms with Gasteiger partial charge in [-0.2, -0.15) is 0 Å². The molecular formula is C18H16ClNO2. The molecule has 1 aromatic heterocycles. The quantitative estimate of drug-likeness (QED) is 0.474. The van der Waals surface area contributed by atoms with Gasteiger partial charge in [-0.05, 0) is 42.3 Å². The van der Waals surface area contributed by atoms with E-state index in [9.17, 15) is 0 Å². The van der Waals surface area contributed by atoms with Crippen LogP contribution in [0.1, 0.15) is 17.9 Å². The predicted octanol–water partition coefficient (Wildman–Crippen LogP) is 5.01. The van der Waals surface area contributed by atoms with Gasteiger partial charge < -0.3 is 9.15 Å². The fourth-order valence-electron chi connectivity index (χ4n) is 2.05. The number of rotatable bonds is 6. The van der Waals surface area contributed by atoms with Gasteiger partial charge in [-0.3, -0.25) is 0 Å². The van der Waals surface area contributed by atoms with Crippen molar-refractivity contribution in [1.82, 2.24) is 4.98 Å². The number of hydrogen-bond donors (Lipinski definition) is 0. The molecule has 0 radical (unpaired) electrons. The van der Waals surface area contributed by atoms with E-state index in [2.05, 4.69) is 4.98 Å². The first-order chi connectivity index (χ1) is 10.8. The monoisotopic (exact) mass is 313 g/mol. The van der Waals surface area contributed by atoms with Crippen molar-refractivity contribution >= 4 is 34.9 Å². The van der Waals surface area contributed by atoms with E-state index in [1.807, 2.05) is 60.7 Å². The Balaban J connectivity index is 1.67. The lowest BCUT2D eigenvalue weighted by Gasteiger charge is -2.04. The van der Waals surface area contributed by atoms with Crippen LogP contribution in [0.4, 0.5) is 0 Å². The molecule has 3 rings (SSSR count). The first-order valence-corrected chi connectivity index (χ1v) is 7.71. The van der Waals surface area contributed by atoms with Gasteiger partial charge in [0.05, 0.1) is 6.61 Å². The summed E-state index contributed by atoms with van der Waals surface area (Å²) in [5.74, 6) is 2.07. The number of ether oxygens (including phenoxy) is 1. The Labute approximate surface area is 134 Å². The number of fused-ring (bicyclic) bond motifs is 1. The van der Waals surface area contributed by atoms with Crippen LogP contribution in [0.3, 0.4) is 0 Å². The lowest BCUT2D eigenvalue weighted by Crippen LogP contribution is -1.97. The number of oxazole rings is 1. The molecule has 0 saturated carbocycles. The molecular weight excluding hydrogens is 298 g/mol. The van der Waals surface area contributed by atoms with Crippen LogP contribution in [0.5, 0.6) is 5.75 Å². The van der Waals surface area contributed by atoms with Gasteiger partial charge in [-0.25, -0.2) is 4.98 Å². The molecule has 1 heterocycles. The second-order valence-corrected chi connectivity index (χ2v) is 5.19. The van der Waals surface area contributed by atoms with Crippen molar-refractivity contribution in [2.45, 2.75) is 6.42 Å². The lowest BCUT2D eigenvalue weighted by molar-refractivity contribution is 0.318. The van der Waals surface area contributed by atoms with Gasteiger partial charge >= 0.3 is 0 Å². The van der Waals surface area contributed by atoms with Crippen molar-refractivity contribution in [1.29, 1.82) is 0 Å². The second kappa shape index (κ2) is 7.14. The maximum Gasteiger partial charge on any atom is 0.220 e. The first kappa shape index (κ1) is 14.7. The normalized spacial score (nSPS) is 11.3. The zero-order chi connectivity index (χ0) is 15.2. The highest BCUT2D eigenvalue weighted by molar-refractivity contribution is 6.17. The minimum absolute atomic E-state index is 0.601. The van der Waals surface area contributed by atoms with E-state index < -0.39 is 0 Å². The van der Waals surface area contributed by atoms with E-state index in [1.54, 1.807) is 0 Å². The average molecular weight is 314 g/mol. The molecule has 0 N–H and O–H groups in total. The largest absolute Gasteiger partial charge is 0.494 e. The van der Waals surface area contributed by atoms with Crippen molar-refractivity contribution in [2.24, 2.45) is 0 Å². The highest BCUT2D eigenvalue weighted by Gasteiger charge is 2.01. The summed E-state index contributed by atoms with van der Waals surface area (Å²) in [7, 11) is 0. The maximum atomic E-state index is 5.64. The van der Waals surface area contributed by atoms with Gasteiger partial charge in [0.1, 0.15) is 11.3 Å². The molecule has 0 unspecified atom stereocenters. The summed E-state index contributed by atoms with van der Waals surface area (Å²) in [5, 5.41) is 0. The molecule has 0 amide bonds. The van der Waals surface area contributed by atoms with Gasteiger partial charge in [0.15, 0.2) is 5.58 Å². The minimum Gasteiger partial charge on any atom is -0.494 e. The molecule has 3 nitrogen and oxygen atoms in total. The predicted molar refractivity (Wildman–Crippen MR) is 90.2 cm³/mol. The molecule has 0 aliphatic heterocycles. The van der Waals surface area contributed by atoms with Crippen LogP contribution in [-0.4, -0.2) is 17.5 Å². The van der Waals surface area contributed by atoms with E-state index in [-0.39, 0.29) is 0 Å². The van der Waals surface area contributed by atoms with Crippen molar-refractivity contribution in [3.05, 3.63) is 60.0 Å². The van der Waals surface area contributed by atoms with Gasteiger partial charge in [0.2, 0.25) is 5.89 Å².